The Hall–Kier alpha value is -0.735. The largest absolute Gasteiger partial charge is 0.413 e. The molecule has 0 bridgehead atoms. The summed E-state index contributed by atoms with van der Waals surface area (Å²) in [5.41, 5.74) is -0.332. The van der Waals surface area contributed by atoms with Gasteiger partial charge in [0.15, 0.2) is 5.22 Å². The number of hydrogen-bond acceptors (Lipinski definition) is 3. The Labute approximate surface area is 166 Å². The first-order valence-electron chi connectivity index (χ1n) is 9.80. The zero-order chi connectivity index (χ0) is 20.3. The van der Waals surface area contributed by atoms with E-state index in [2.05, 4.69) is 60.4 Å². The summed E-state index contributed by atoms with van der Waals surface area (Å²) in [6.45, 7) is 19.2. The third kappa shape index (κ3) is 4.75. The van der Waals surface area contributed by atoms with Crippen molar-refractivity contribution < 1.29 is 9.53 Å². The molecule has 3 unspecified atom stereocenters. The monoisotopic (exact) mass is 381 g/mol. The zero-order valence-electron chi connectivity index (χ0n) is 17.9. The highest BCUT2D eigenvalue weighted by molar-refractivity contribution is 6.42. The van der Waals surface area contributed by atoms with E-state index in [1.807, 2.05) is 12.1 Å². The van der Waals surface area contributed by atoms with E-state index < -0.39 is 6.04 Å². The summed E-state index contributed by atoms with van der Waals surface area (Å²) in [6.07, 6.45) is 2.81. The Bertz CT molecular complexity index is 532. The fourth-order valence-corrected chi connectivity index (χ4v) is 4.91. The second-order valence-electron chi connectivity index (χ2n) is 9.07. The highest BCUT2D eigenvalue weighted by atomic mass is 35.5. The predicted molar refractivity (Wildman–Crippen MR) is 114 cm³/mol. The summed E-state index contributed by atoms with van der Waals surface area (Å²) < 4.78 is 5.56. The molecule has 0 radical (unpaired) electrons. The Morgan fingerprint density at radius 2 is 1.81 bits per heavy atom. The molecule has 1 aliphatic rings. The predicted octanol–water partition coefficient (Wildman–Crippen LogP) is 4.79. The quantitative estimate of drug-likeness (QED) is 0.373. The standard InChI is InChI=1S/C21H37BClNO2/c1-10-22-12-20(6,7)18(24-9)19(25)26-17(23)11-21(8)15(4)13(2)14(3)16(21)5/h10-11,13-16,18,22,24H,1,12H2,2-9H3/b17-11+/t13?,14?,15-,16+,18-,21?/m0/s1. The lowest BCUT2D eigenvalue weighted by atomic mass is 9.62. The number of nitrogens with one attached hydrogen (secondary N) is 1. The Morgan fingerprint density at radius 3 is 2.23 bits per heavy atom. The molecular formula is C21H37BClNO2. The summed E-state index contributed by atoms with van der Waals surface area (Å²) in [5.74, 6) is 3.71. The number of esters is 1. The number of hydrogen-bond donors (Lipinski definition) is 1. The second-order valence-corrected chi connectivity index (χ2v) is 9.44. The topological polar surface area (TPSA) is 38.3 Å². The van der Waals surface area contributed by atoms with Crippen molar-refractivity contribution in [2.75, 3.05) is 7.05 Å². The third-order valence-corrected chi connectivity index (χ3v) is 7.48. The van der Waals surface area contributed by atoms with Crippen molar-refractivity contribution in [3.8, 4) is 0 Å². The number of carbonyl (C=O) groups is 1. The van der Waals surface area contributed by atoms with Crippen LogP contribution in [-0.4, -0.2) is 26.3 Å². The van der Waals surface area contributed by atoms with Gasteiger partial charge in [-0.05, 0) is 59.2 Å². The first-order chi connectivity index (χ1) is 11.9. The average molecular weight is 382 g/mol. The number of carbonyl (C=O) groups excluding carboxylic acids is 1. The summed E-state index contributed by atoms with van der Waals surface area (Å²) in [4.78, 5) is 12.7. The smallest absolute Gasteiger partial charge is 0.329 e. The minimum Gasteiger partial charge on any atom is -0.413 e. The summed E-state index contributed by atoms with van der Waals surface area (Å²) in [7, 11) is 2.63. The van der Waals surface area contributed by atoms with E-state index in [-0.39, 0.29) is 22.0 Å². The highest BCUT2D eigenvalue weighted by Crippen LogP contribution is 2.55. The van der Waals surface area contributed by atoms with Gasteiger partial charge in [0.2, 0.25) is 0 Å². The molecule has 0 aliphatic heterocycles. The van der Waals surface area contributed by atoms with Crippen molar-refractivity contribution in [3.63, 3.8) is 0 Å². The van der Waals surface area contributed by atoms with Crippen molar-refractivity contribution >= 4 is 24.8 Å². The van der Waals surface area contributed by atoms with Crippen LogP contribution in [0.2, 0.25) is 6.32 Å². The van der Waals surface area contributed by atoms with E-state index in [0.29, 0.717) is 23.7 Å². The van der Waals surface area contributed by atoms with Gasteiger partial charge in [0, 0.05) is 0 Å². The van der Waals surface area contributed by atoms with Gasteiger partial charge >= 0.3 is 5.97 Å². The molecule has 1 aliphatic carbocycles. The Balaban J connectivity index is 2.94. The fraction of sp³-hybridized carbons (Fsp3) is 0.762. The normalized spacial score (nSPS) is 33.7. The average Bonchev–Trinajstić information content (AvgIpc) is 2.69. The molecule has 3 nitrogen and oxygen atoms in total. The van der Waals surface area contributed by atoms with Gasteiger partial charge in [-0.15, -0.1) is 12.6 Å². The van der Waals surface area contributed by atoms with Crippen molar-refractivity contribution in [1.29, 1.82) is 0 Å². The second kappa shape index (κ2) is 8.97. The van der Waals surface area contributed by atoms with Crippen molar-refractivity contribution in [1.82, 2.24) is 5.32 Å². The summed E-state index contributed by atoms with van der Waals surface area (Å²) in [6, 6.07) is -0.423. The van der Waals surface area contributed by atoms with Crippen LogP contribution in [0, 0.1) is 34.5 Å². The maximum Gasteiger partial charge on any atom is 0.329 e. The number of likely N-dealkylation sites (N-methyl/N-ethyl adjacent to an activating group) is 1. The lowest BCUT2D eigenvalue weighted by Crippen LogP contribution is -2.47. The van der Waals surface area contributed by atoms with Crippen molar-refractivity contribution in [2.24, 2.45) is 34.5 Å². The molecule has 0 aromatic heterocycles. The van der Waals surface area contributed by atoms with Gasteiger partial charge in [0.25, 0.3) is 0 Å². The van der Waals surface area contributed by atoms with Crippen LogP contribution in [0.4, 0.5) is 0 Å². The third-order valence-electron chi connectivity index (χ3n) is 7.29. The van der Waals surface area contributed by atoms with Gasteiger partial charge in [-0.2, -0.15) is 0 Å². The van der Waals surface area contributed by atoms with Gasteiger partial charge in [-0.25, -0.2) is 4.79 Å². The lowest BCUT2D eigenvalue weighted by Gasteiger charge is -2.33. The van der Waals surface area contributed by atoms with Crippen LogP contribution < -0.4 is 5.32 Å². The van der Waals surface area contributed by atoms with Crippen LogP contribution >= 0.6 is 11.6 Å². The van der Waals surface area contributed by atoms with Crippen molar-refractivity contribution in [2.45, 2.75) is 60.8 Å². The van der Waals surface area contributed by atoms with Crippen LogP contribution in [0.1, 0.15) is 48.5 Å². The van der Waals surface area contributed by atoms with Crippen LogP contribution in [0.5, 0.6) is 0 Å². The summed E-state index contributed by atoms with van der Waals surface area (Å²) >= 11 is 6.40. The van der Waals surface area contributed by atoms with Crippen molar-refractivity contribution in [3.05, 3.63) is 23.8 Å². The van der Waals surface area contributed by atoms with E-state index in [1.165, 1.54) is 0 Å². The van der Waals surface area contributed by atoms with Gasteiger partial charge in [-0.3, -0.25) is 0 Å². The highest BCUT2D eigenvalue weighted by Gasteiger charge is 2.49. The molecule has 1 saturated carbocycles. The maximum atomic E-state index is 12.7. The molecule has 148 valence electrons. The number of allylic oxidation sites excluding steroid dienone is 1. The number of rotatable bonds is 8. The molecule has 5 heteroatoms. The Morgan fingerprint density at radius 1 is 1.31 bits per heavy atom. The fourth-order valence-electron chi connectivity index (χ4n) is 4.60. The molecule has 0 saturated heterocycles. The Kier molecular flexibility index (Phi) is 8.04. The minimum atomic E-state index is -0.423. The maximum absolute atomic E-state index is 12.7. The number of ether oxygens (including phenoxy) is 1. The molecule has 0 spiro atoms. The van der Waals surface area contributed by atoms with E-state index >= 15 is 0 Å². The zero-order valence-corrected chi connectivity index (χ0v) is 18.6. The van der Waals surface area contributed by atoms with Gasteiger partial charge < -0.3 is 10.1 Å². The molecule has 0 aromatic rings. The molecule has 0 aromatic carbocycles. The molecule has 0 heterocycles. The van der Waals surface area contributed by atoms with E-state index in [0.717, 1.165) is 13.6 Å². The van der Waals surface area contributed by atoms with E-state index in [9.17, 15) is 4.79 Å². The van der Waals surface area contributed by atoms with Gasteiger partial charge in [-0.1, -0.05) is 54.8 Å². The first-order valence-corrected chi connectivity index (χ1v) is 10.2. The summed E-state index contributed by atoms with van der Waals surface area (Å²) in [5, 5.41) is 3.29. The first kappa shape index (κ1) is 23.3. The molecule has 6 atom stereocenters. The van der Waals surface area contributed by atoms with Crippen LogP contribution in [0.3, 0.4) is 0 Å². The van der Waals surface area contributed by atoms with Crippen LogP contribution in [0.15, 0.2) is 23.8 Å². The molecule has 0 amide bonds. The number of halogens is 1. The van der Waals surface area contributed by atoms with E-state index in [4.69, 9.17) is 16.3 Å². The van der Waals surface area contributed by atoms with Gasteiger partial charge in [0.1, 0.15) is 13.3 Å². The minimum absolute atomic E-state index is 0.0797. The van der Waals surface area contributed by atoms with Crippen LogP contribution in [0.25, 0.3) is 0 Å². The molecule has 1 rings (SSSR count). The molecule has 1 fully saturated rings. The van der Waals surface area contributed by atoms with Crippen LogP contribution in [-0.2, 0) is 9.53 Å². The lowest BCUT2D eigenvalue weighted by molar-refractivity contribution is -0.143. The van der Waals surface area contributed by atoms with E-state index in [1.54, 1.807) is 7.05 Å². The molecule has 1 N–H and O–H groups in total. The SMILES string of the molecule is C=CBCC(C)(C)[C@@H](NC)C(=O)O/C(Cl)=C/C1(C)[C@H](C)C(C)C(C)[C@@H]1C. The van der Waals surface area contributed by atoms with Gasteiger partial charge in [0.05, 0.1) is 0 Å². The molecule has 26 heavy (non-hydrogen) atoms. The molecular weight excluding hydrogens is 345 g/mol.